The summed E-state index contributed by atoms with van der Waals surface area (Å²) in [6, 6.07) is 35.5. The van der Waals surface area contributed by atoms with Crippen molar-refractivity contribution in [2.24, 2.45) is 0 Å². The van der Waals surface area contributed by atoms with Gasteiger partial charge in [-0.1, -0.05) is 92.7 Å². The highest BCUT2D eigenvalue weighted by molar-refractivity contribution is 5.95. The Morgan fingerprint density at radius 1 is 0.806 bits per heavy atom. The number of aryl methyl sites for hydroxylation is 1. The Balaban J connectivity index is 1.72. The van der Waals surface area contributed by atoms with Crippen LogP contribution in [-0.4, -0.2) is 17.5 Å². The van der Waals surface area contributed by atoms with Crippen LogP contribution < -0.4 is 4.90 Å². The molecular formula is C33H33NO2. The summed E-state index contributed by atoms with van der Waals surface area (Å²) < 4.78 is 0. The number of carbonyl (C=O) groups excluding carboxylic acids is 1. The smallest absolute Gasteiger partial charge is 0.164 e. The number of hydrogen-bond acceptors (Lipinski definition) is 3. The van der Waals surface area contributed by atoms with E-state index in [9.17, 15) is 9.90 Å². The Labute approximate surface area is 214 Å². The fourth-order valence-corrected chi connectivity index (χ4v) is 4.55. The predicted octanol–water partition coefficient (Wildman–Crippen LogP) is 7.62. The second-order valence-corrected chi connectivity index (χ2v) is 9.64. The Kier molecular flexibility index (Phi) is 7.52. The summed E-state index contributed by atoms with van der Waals surface area (Å²) in [5.41, 5.74) is 7.43. The Morgan fingerprint density at radius 2 is 1.28 bits per heavy atom. The van der Waals surface area contributed by atoms with Crippen LogP contribution in [0.1, 0.15) is 42.0 Å². The normalized spacial score (nSPS) is 12.1. The van der Waals surface area contributed by atoms with Crippen LogP contribution in [0.3, 0.4) is 0 Å². The molecule has 0 radical (unpaired) electrons. The molecule has 0 saturated heterocycles. The molecule has 0 aromatic heterocycles. The highest BCUT2D eigenvalue weighted by Gasteiger charge is 2.23. The van der Waals surface area contributed by atoms with Crippen molar-refractivity contribution >= 4 is 22.8 Å². The van der Waals surface area contributed by atoms with Gasteiger partial charge in [0, 0.05) is 22.5 Å². The van der Waals surface area contributed by atoms with Crippen molar-refractivity contribution in [3.8, 4) is 0 Å². The number of ketones is 1. The van der Waals surface area contributed by atoms with Crippen LogP contribution in [0.4, 0.5) is 17.1 Å². The number of hydrogen-bond donors (Lipinski definition) is 1. The molecule has 1 atom stereocenters. The molecule has 0 aliphatic rings. The van der Waals surface area contributed by atoms with Gasteiger partial charge in [-0.15, -0.1) is 0 Å². The highest BCUT2D eigenvalue weighted by Crippen LogP contribution is 2.38. The van der Waals surface area contributed by atoms with Gasteiger partial charge in [-0.05, 0) is 66.1 Å². The second kappa shape index (κ2) is 10.8. The maximum absolute atomic E-state index is 12.2. The zero-order valence-corrected chi connectivity index (χ0v) is 21.2. The van der Waals surface area contributed by atoms with Crippen molar-refractivity contribution in [1.82, 2.24) is 0 Å². The lowest BCUT2D eigenvalue weighted by Crippen LogP contribution is -2.19. The van der Waals surface area contributed by atoms with Crippen molar-refractivity contribution in [2.75, 3.05) is 11.5 Å². The largest absolute Gasteiger partial charge is 0.395 e. The summed E-state index contributed by atoms with van der Waals surface area (Å²) in [4.78, 5) is 14.4. The van der Waals surface area contributed by atoms with Gasteiger partial charge in [0.25, 0.3) is 0 Å². The highest BCUT2D eigenvalue weighted by atomic mass is 16.3. The molecule has 0 amide bonds. The SMILES string of the molecule is C=CC(=O)C(CO)c1ccc(N(c2ccc(C)cc2)c2ccc(C(C)(C)c3ccccc3)cc2)cc1. The molecule has 0 aliphatic carbocycles. The van der Waals surface area contributed by atoms with Crippen molar-refractivity contribution in [2.45, 2.75) is 32.1 Å². The Bertz CT molecular complexity index is 1310. The fraction of sp³-hybridized carbons (Fsp3) is 0.182. The van der Waals surface area contributed by atoms with Gasteiger partial charge >= 0.3 is 0 Å². The summed E-state index contributed by atoms with van der Waals surface area (Å²) in [6.45, 7) is 9.89. The third-order valence-electron chi connectivity index (χ3n) is 6.92. The quantitative estimate of drug-likeness (QED) is 0.253. The summed E-state index contributed by atoms with van der Waals surface area (Å²) >= 11 is 0. The standard InChI is InChI=1S/C33H33NO2/c1-5-32(36)31(23-35)25-13-19-29(20-14-25)34(28-17-11-24(2)12-18-28)30-21-15-27(16-22-30)33(3,4)26-9-7-6-8-10-26/h5-22,31,35H,1,23H2,2-4H3. The van der Waals surface area contributed by atoms with Gasteiger partial charge in [-0.3, -0.25) is 4.79 Å². The summed E-state index contributed by atoms with van der Waals surface area (Å²) in [5, 5.41) is 9.74. The van der Waals surface area contributed by atoms with Gasteiger partial charge in [0.05, 0.1) is 12.5 Å². The topological polar surface area (TPSA) is 40.5 Å². The van der Waals surface area contributed by atoms with Crippen molar-refractivity contribution in [3.05, 3.63) is 138 Å². The monoisotopic (exact) mass is 475 g/mol. The average molecular weight is 476 g/mol. The van der Waals surface area contributed by atoms with E-state index in [-0.39, 0.29) is 17.8 Å². The van der Waals surface area contributed by atoms with E-state index in [2.05, 4.69) is 105 Å². The molecule has 3 nitrogen and oxygen atoms in total. The van der Waals surface area contributed by atoms with Crippen molar-refractivity contribution < 1.29 is 9.90 Å². The van der Waals surface area contributed by atoms with Crippen LogP contribution in [-0.2, 0) is 10.2 Å². The number of allylic oxidation sites excluding steroid dienone is 1. The first-order valence-corrected chi connectivity index (χ1v) is 12.2. The minimum Gasteiger partial charge on any atom is -0.395 e. The van der Waals surface area contributed by atoms with E-state index in [1.165, 1.54) is 22.8 Å². The molecule has 0 aliphatic heterocycles. The fourth-order valence-electron chi connectivity index (χ4n) is 4.55. The lowest BCUT2D eigenvalue weighted by Gasteiger charge is -2.29. The van der Waals surface area contributed by atoms with E-state index in [1.54, 1.807) is 0 Å². The maximum atomic E-state index is 12.2. The van der Waals surface area contributed by atoms with Crippen LogP contribution in [0.2, 0.25) is 0 Å². The molecule has 1 N–H and O–H groups in total. The lowest BCUT2D eigenvalue weighted by atomic mass is 9.78. The second-order valence-electron chi connectivity index (χ2n) is 9.64. The molecule has 0 spiro atoms. The van der Waals surface area contributed by atoms with E-state index in [1.807, 2.05) is 30.3 Å². The predicted molar refractivity (Wildman–Crippen MR) is 149 cm³/mol. The molecule has 4 aromatic carbocycles. The van der Waals surface area contributed by atoms with Crippen LogP contribution >= 0.6 is 0 Å². The molecule has 1 unspecified atom stereocenters. The van der Waals surface area contributed by atoms with Gasteiger partial charge in [0.1, 0.15) is 0 Å². The zero-order valence-electron chi connectivity index (χ0n) is 21.2. The molecule has 36 heavy (non-hydrogen) atoms. The molecular weight excluding hydrogens is 442 g/mol. The third kappa shape index (κ3) is 5.17. The number of rotatable bonds is 9. The first kappa shape index (κ1) is 25.2. The molecule has 0 heterocycles. The number of nitrogens with zero attached hydrogens (tertiary/aromatic N) is 1. The first-order chi connectivity index (χ1) is 17.3. The summed E-state index contributed by atoms with van der Waals surface area (Å²) in [5.74, 6) is -0.777. The van der Waals surface area contributed by atoms with E-state index >= 15 is 0 Å². The Hall–Kier alpha value is -3.95. The third-order valence-corrected chi connectivity index (χ3v) is 6.92. The molecule has 4 rings (SSSR count). The number of aliphatic hydroxyl groups is 1. The molecule has 0 fully saturated rings. The average Bonchev–Trinajstić information content (AvgIpc) is 2.92. The van der Waals surface area contributed by atoms with Crippen molar-refractivity contribution in [3.63, 3.8) is 0 Å². The minimum atomic E-state index is -0.594. The Morgan fingerprint density at radius 3 is 1.78 bits per heavy atom. The number of carbonyl (C=O) groups is 1. The number of aliphatic hydroxyl groups excluding tert-OH is 1. The van der Waals surface area contributed by atoms with E-state index < -0.39 is 5.92 Å². The molecule has 3 heteroatoms. The first-order valence-electron chi connectivity index (χ1n) is 12.2. The number of benzene rings is 4. The summed E-state index contributed by atoms with van der Waals surface area (Å²) in [7, 11) is 0. The minimum absolute atomic E-state index is 0.118. The van der Waals surface area contributed by atoms with Crippen LogP contribution in [0.15, 0.2) is 116 Å². The van der Waals surface area contributed by atoms with E-state index in [0.29, 0.717) is 0 Å². The van der Waals surface area contributed by atoms with Gasteiger partial charge in [0.15, 0.2) is 5.78 Å². The van der Waals surface area contributed by atoms with Gasteiger partial charge in [-0.2, -0.15) is 0 Å². The molecule has 182 valence electrons. The number of anilines is 3. The van der Waals surface area contributed by atoms with Crippen LogP contribution in [0.25, 0.3) is 0 Å². The molecule has 0 saturated carbocycles. The van der Waals surface area contributed by atoms with E-state index in [0.717, 1.165) is 22.6 Å². The van der Waals surface area contributed by atoms with Gasteiger partial charge < -0.3 is 10.0 Å². The van der Waals surface area contributed by atoms with Crippen molar-refractivity contribution in [1.29, 1.82) is 0 Å². The molecule has 0 bridgehead atoms. The summed E-state index contributed by atoms with van der Waals surface area (Å²) in [6.07, 6.45) is 1.27. The van der Waals surface area contributed by atoms with Crippen LogP contribution in [0.5, 0.6) is 0 Å². The maximum Gasteiger partial charge on any atom is 0.164 e. The van der Waals surface area contributed by atoms with Gasteiger partial charge in [0.2, 0.25) is 0 Å². The zero-order chi connectivity index (χ0) is 25.7. The van der Waals surface area contributed by atoms with Gasteiger partial charge in [-0.25, -0.2) is 0 Å². The van der Waals surface area contributed by atoms with E-state index in [4.69, 9.17) is 0 Å². The molecule has 4 aromatic rings. The lowest BCUT2D eigenvalue weighted by molar-refractivity contribution is -0.116. The van der Waals surface area contributed by atoms with Crippen LogP contribution in [0, 0.1) is 6.92 Å².